The molecule has 1 aliphatic heterocycles. The molecule has 9 rings (SSSR count). The highest BCUT2D eigenvalue weighted by Gasteiger charge is 2.52. The molecule has 0 unspecified atom stereocenters. The van der Waals surface area contributed by atoms with Crippen LogP contribution in [0.1, 0.15) is 68.1 Å². The van der Waals surface area contributed by atoms with E-state index in [2.05, 4.69) is 121 Å². The monoisotopic (exact) mass is 592 g/mol. The fourth-order valence-corrected chi connectivity index (χ4v) is 8.63. The van der Waals surface area contributed by atoms with Crippen molar-refractivity contribution in [3.8, 4) is 33.8 Å². The van der Waals surface area contributed by atoms with Crippen molar-refractivity contribution in [1.29, 1.82) is 0 Å². The first kappa shape index (κ1) is 26.9. The number of hydrogen-bond acceptors (Lipinski definition) is 4. The standard InChI is InChI=1S/C40H40N4O/c1-42(27-12-6-7-13-27)30-20-22-35-33(24-30)34-25-31(43(2)28-14-8-9-15-28)21-23-36(34)40(35)37-26-44(29-16-4-3-5-17-29)41-39(37)32-18-10-11-19-38(32)45-40/h3-5,10-11,16-28H,6-9,12-15H2,1-2H3. The molecule has 0 radical (unpaired) electrons. The summed E-state index contributed by atoms with van der Waals surface area (Å²) in [6.07, 6.45) is 12.6. The third-order valence-corrected chi connectivity index (χ3v) is 11.1. The van der Waals surface area contributed by atoms with Crippen LogP contribution in [0.2, 0.25) is 0 Å². The fourth-order valence-electron chi connectivity index (χ4n) is 8.63. The molecule has 0 bridgehead atoms. The molecule has 4 aliphatic rings. The largest absolute Gasteiger partial charge is 0.472 e. The molecule has 2 heterocycles. The van der Waals surface area contributed by atoms with Crippen LogP contribution in [0.4, 0.5) is 11.4 Å². The minimum Gasteiger partial charge on any atom is -0.472 e. The van der Waals surface area contributed by atoms with Crippen molar-refractivity contribution in [2.75, 3.05) is 23.9 Å². The van der Waals surface area contributed by atoms with Crippen LogP contribution in [-0.4, -0.2) is 36.0 Å². The summed E-state index contributed by atoms with van der Waals surface area (Å²) >= 11 is 0. The molecule has 5 heteroatoms. The third kappa shape index (κ3) is 4.02. The quantitative estimate of drug-likeness (QED) is 0.204. The van der Waals surface area contributed by atoms with Gasteiger partial charge in [0.25, 0.3) is 0 Å². The Hall–Kier alpha value is -4.51. The van der Waals surface area contributed by atoms with E-state index < -0.39 is 5.60 Å². The number of benzene rings is 4. The number of aromatic nitrogens is 2. The van der Waals surface area contributed by atoms with E-state index in [1.807, 2.05) is 4.68 Å². The van der Waals surface area contributed by atoms with Gasteiger partial charge in [0.1, 0.15) is 11.4 Å². The van der Waals surface area contributed by atoms with Gasteiger partial charge in [0, 0.05) is 60.4 Å². The molecule has 2 fully saturated rings. The van der Waals surface area contributed by atoms with Gasteiger partial charge in [-0.2, -0.15) is 5.10 Å². The predicted molar refractivity (Wildman–Crippen MR) is 183 cm³/mol. The Bertz CT molecular complexity index is 1830. The van der Waals surface area contributed by atoms with E-state index in [4.69, 9.17) is 9.84 Å². The smallest absolute Gasteiger partial charge is 0.189 e. The highest BCUT2D eigenvalue weighted by molar-refractivity contribution is 5.90. The van der Waals surface area contributed by atoms with Crippen molar-refractivity contribution < 1.29 is 4.74 Å². The second-order valence-corrected chi connectivity index (χ2v) is 13.5. The van der Waals surface area contributed by atoms with Gasteiger partial charge in [0.15, 0.2) is 5.60 Å². The molecule has 45 heavy (non-hydrogen) atoms. The lowest BCUT2D eigenvalue weighted by Crippen LogP contribution is -2.36. The highest BCUT2D eigenvalue weighted by atomic mass is 16.5. The van der Waals surface area contributed by atoms with Crippen LogP contribution in [0.25, 0.3) is 28.1 Å². The van der Waals surface area contributed by atoms with Gasteiger partial charge in [-0.15, -0.1) is 0 Å². The zero-order valence-corrected chi connectivity index (χ0v) is 26.2. The number of ether oxygens (including phenoxy) is 1. The summed E-state index contributed by atoms with van der Waals surface area (Å²) in [5.41, 5.74) is 10.9. The maximum absolute atomic E-state index is 7.33. The summed E-state index contributed by atoms with van der Waals surface area (Å²) in [4.78, 5) is 5.03. The molecule has 5 aromatic rings. The molecule has 3 aliphatic carbocycles. The Morgan fingerprint density at radius 3 is 1.80 bits per heavy atom. The van der Waals surface area contributed by atoms with Gasteiger partial charge in [-0.05, 0) is 85.3 Å². The SMILES string of the molecule is CN(c1ccc2c(c1)-c1cc(N(C)C3CCCC3)ccc1C21Oc2ccccc2-c2nn(-c3ccccc3)cc21)C1CCCC1. The molecule has 2 saturated carbocycles. The summed E-state index contributed by atoms with van der Waals surface area (Å²) in [6.45, 7) is 0. The molecule has 1 aromatic heterocycles. The van der Waals surface area contributed by atoms with Crippen molar-refractivity contribution in [2.45, 2.75) is 69.1 Å². The zero-order valence-electron chi connectivity index (χ0n) is 26.2. The van der Waals surface area contributed by atoms with E-state index in [0.717, 1.165) is 28.3 Å². The average molecular weight is 593 g/mol. The van der Waals surface area contributed by atoms with Crippen LogP contribution in [0, 0.1) is 0 Å². The topological polar surface area (TPSA) is 33.5 Å². The van der Waals surface area contributed by atoms with Crippen molar-refractivity contribution >= 4 is 11.4 Å². The average Bonchev–Trinajstić information content (AvgIpc) is 3.92. The van der Waals surface area contributed by atoms with E-state index in [9.17, 15) is 0 Å². The Kier molecular flexibility index (Phi) is 6.13. The summed E-state index contributed by atoms with van der Waals surface area (Å²) in [5, 5.41) is 5.24. The van der Waals surface area contributed by atoms with Crippen LogP contribution in [0.5, 0.6) is 5.75 Å². The van der Waals surface area contributed by atoms with E-state index in [0.29, 0.717) is 12.1 Å². The minimum absolute atomic E-state index is 0.603. The first-order valence-electron chi connectivity index (χ1n) is 16.8. The van der Waals surface area contributed by atoms with Gasteiger partial charge in [-0.25, -0.2) is 4.68 Å². The van der Waals surface area contributed by atoms with Crippen LogP contribution in [0.15, 0.2) is 97.2 Å². The van der Waals surface area contributed by atoms with Gasteiger partial charge in [0.2, 0.25) is 0 Å². The number of hydrogen-bond donors (Lipinski definition) is 0. The molecule has 5 nitrogen and oxygen atoms in total. The summed E-state index contributed by atoms with van der Waals surface area (Å²) in [5.74, 6) is 0.876. The van der Waals surface area contributed by atoms with Crippen LogP contribution < -0.4 is 14.5 Å². The Balaban J connectivity index is 1.27. The highest BCUT2D eigenvalue weighted by Crippen LogP contribution is 2.59. The van der Waals surface area contributed by atoms with Crippen LogP contribution in [-0.2, 0) is 5.60 Å². The molecule has 0 saturated heterocycles. The second kappa shape index (κ2) is 10.3. The van der Waals surface area contributed by atoms with Crippen LogP contribution in [0.3, 0.4) is 0 Å². The summed E-state index contributed by atoms with van der Waals surface area (Å²) < 4.78 is 9.36. The number of fused-ring (bicyclic) bond motifs is 9. The number of nitrogens with zero attached hydrogens (tertiary/aromatic N) is 4. The number of rotatable bonds is 5. The fraction of sp³-hybridized carbons (Fsp3) is 0.325. The predicted octanol–water partition coefficient (Wildman–Crippen LogP) is 8.96. The molecule has 0 amide bonds. The van der Waals surface area contributed by atoms with Gasteiger partial charge < -0.3 is 14.5 Å². The molecular formula is C40H40N4O. The summed E-state index contributed by atoms with van der Waals surface area (Å²) in [6, 6.07) is 34.2. The van der Waals surface area contributed by atoms with E-state index >= 15 is 0 Å². The Labute approximate surface area is 266 Å². The lowest BCUT2D eigenvalue weighted by molar-refractivity contribution is 0.157. The Morgan fingerprint density at radius 2 is 1.20 bits per heavy atom. The van der Waals surface area contributed by atoms with Crippen molar-refractivity contribution in [1.82, 2.24) is 9.78 Å². The van der Waals surface area contributed by atoms with Crippen molar-refractivity contribution in [2.24, 2.45) is 0 Å². The number of anilines is 2. The maximum atomic E-state index is 7.33. The molecule has 226 valence electrons. The molecule has 0 atom stereocenters. The zero-order chi connectivity index (χ0) is 30.1. The summed E-state index contributed by atoms with van der Waals surface area (Å²) in [7, 11) is 4.56. The second-order valence-electron chi connectivity index (χ2n) is 13.5. The lowest BCUT2D eigenvalue weighted by Gasteiger charge is -2.37. The van der Waals surface area contributed by atoms with E-state index in [-0.39, 0.29) is 0 Å². The van der Waals surface area contributed by atoms with Gasteiger partial charge in [-0.3, -0.25) is 0 Å². The Morgan fingerprint density at radius 1 is 0.644 bits per heavy atom. The normalized spacial score (nSPS) is 17.9. The maximum Gasteiger partial charge on any atom is 0.189 e. The molecule has 1 spiro atoms. The van der Waals surface area contributed by atoms with Gasteiger partial charge in [-0.1, -0.05) is 68.1 Å². The van der Waals surface area contributed by atoms with E-state index in [1.54, 1.807) is 0 Å². The van der Waals surface area contributed by atoms with Crippen molar-refractivity contribution in [3.63, 3.8) is 0 Å². The van der Waals surface area contributed by atoms with Crippen molar-refractivity contribution in [3.05, 3.63) is 114 Å². The van der Waals surface area contributed by atoms with Gasteiger partial charge >= 0.3 is 0 Å². The lowest BCUT2D eigenvalue weighted by atomic mass is 9.81. The minimum atomic E-state index is -0.795. The molecule has 0 N–H and O–H groups in total. The van der Waals surface area contributed by atoms with E-state index in [1.165, 1.54) is 85.0 Å². The third-order valence-electron chi connectivity index (χ3n) is 11.1. The first-order chi connectivity index (χ1) is 22.1. The molecular weight excluding hydrogens is 552 g/mol. The van der Waals surface area contributed by atoms with Crippen LogP contribution >= 0.6 is 0 Å². The number of para-hydroxylation sites is 2. The van der Waals surface area contributed by atoms with Gasteiger partial charge in [0.05, 0.1) is 11.3 Å². The molecule has 4 aromatic carbocycles. The first-order valence-corrected chi connectivity index (χ1v) is 16.8.